The van der Waals surface area contributed by atoms with Gasteiger partial charge in [-0.25, -0.2) is 0 Å². The third kappa shape index (κ3) is 1.92. The molecular weight excluding hydrogens is 206 g/mol. The fourth-order valence-corrected chi connectivity index (χ4v) is 1.58. The van der Waals surface area contributed by atoms with Gasteiger partial charge in [0.2, 0.25) is 0 Å². The number of aromatic nitrogens is 4. The van der Waals surface area contributed by atoms with Crippen LogP contribution >= 0.6 is 0 Å². The van der Waals surface area contributed by atoms with Crippen LogP contribution in [0.1, 0.15) is 30.6 Å². The van der Waals surface area contributed by atoms with Crippen LogP contribution in [0.5, 0.6) is 0 Å². The Kier molecular flexibility index (Phi) is 2.91. The molecule has 6 nitrogen and oxygen atoms in total. The molecule has 1 atom stereocenters. The molecule has 2 rings (SSSR count). The lowest BCUT2D eigenvalue weighted by molar-refractivity contribution is 0.221. The van der Waals surface area contributed by atoms with Gasteiger partial charge < -0.3 is 10.8 Å². The van der Waals surface area contributed by atoms with E-state index in [9.17, 15) is 5.11 Å². The SMILES string of the molecule is CCCn1cc(C(O)c2cn[nH]c2N)cn1. The topological polar surface area (TPSA) is 92.8 Å². The number of H-pyrrole nitrogens is 1. The maximum atomic E-state index is 10.0. The van der Waals surface area contributed by atoms with E-state index in [1.165, 1.54) is 6.20 Å². The summed E-state index contributed by atoms with van der Waals surface area (Å²) >= 11 is 0. The van der Waals surface area contributed by atoms with Crippen LogP contribution in [-0.2, 0) is 6.54 Å². The van der Waals surface area contributed by atoms with E-state index in [4.69, 9.17) is 5.73 Å². The number of aromatic amines is 1. The van der Waals surface area contributed by atoms with Gasteiger partial charge in [-0.3, -0.25) is 9.78 Å². The van der Waals surface area contributed by atoms with E-state index in [1.54, 1.807) is 10.9 Å². The summed E-state index contributed by atoms with van der Waals surface area (Å²) in [6, 6.07) is 0. The highest BCUT2D eigenvalue weighted by molar-refractivity contribution is 5.42. The Bertz CT molecular complexity index is 461. The average molecular weight is 221 g/mol. The van der Waals surface area contributed by atoms with Crippen LogP contribution in [0, 0.1) is 0 Å². The van der Waals surface area contributed by atoms with Crippen LogP contribution < -0.4 is 5.73 Å². The summed E-state index contributed by atoms with van der Waals surface area (Å²) < 4.78 is 1.80. The Morgan fingerprint density at radius 2 is 2.38 bits per heavy atom. The van der Waals surface area contributed by atoms with Crippen molar-refractivity contribution in [1.29, 1.82) is 0 Å². The molecule has 0 aliphatic carbocycles. The molecule has 2 heterocycles. The van der Waals surface area contributed by atoms with Crippen molar-refractivity contribution in [2.24, 2.45) is 0 Å². The van der Waals surface area contributed by atoms with Gasteiger partial charge >= 0.3 is 0 Å². The van der Waals surface area contributed by atoms with Crippen molar-refractivity contribution in [3.63, 3.8) is 0 Å². The van der Waals surface area contributed by atoms with E-state index in [0.29, 0.717) is 11.4 Å². The van der Waals surface area contributed by atoms with Crippen molar-refractivity contribution < 1.29 is 5.11 Å². The molecule has 0 radical (unpaired) electrons. The zero-order chi connectivity index (χ0) is 11.5. The van der Waals surface area contributed by atoms with Gasteiger partial charge in [0.15, 0.2) is 0 Å². The Morgan fingerprint density at radius 1 is 1.56 bits per heavy atom. The minimum atomic E-state index is -0.774. The van der Waals surface area contributed by atoms with Crippen molar-refractivity contribution in [2.45, 2.75) is 26.0 Å². The fourth-order valence-electron chi connectivity index (χ4n) is 1.58. The molecule has 0 amide bonds. The highest BCUT2D eigenvalue weighted by atomic mass is 16.3. The van der Waals surface area contributed by atoms with Gasteiger partial charge in [0.1, 0.15) is 11.9 Å². The molecule has 0 aromatic carbocycles. The average Bonchev–Trinajstić information content (AvgIpc) is 2.87. The van der Waals surface area contributed by atoms with Gasteiger partial charge in [-0.15, -0.1) is 0 Å². The maximum Gasteiger partial charge on any atom is 0.125 e. The normalized spacial score (nSPS) is 12.9. The van der Waals surface area contributed by atoms with E-state index < -0.39 is 6.10 Å². The summed E-state index contributed by atoms with van der Waals surface area (Å²) in [6.45, 7) is 2.92. The second kappa shape index (κ2) is 4.36. The molecule has 0 saturated carbocycles. The number of nitrogens with one attached hydrogen (secondary N) is 1. The molecule has 4 N–H and O–H groups in total. The van der Waals surface area contributed by atoms with Crippen molar-refractivity contribution in [3.8, 4) is 0 Å². The van der Waals surface area contributed by atoms with E-state index in [1.807, 2.05) is 6.20 Å². The first-order valence-electron chi connectivity index (χ1n) is 5.21. The Balaban J connectivity index is 2.20. The molecule has 0 bridgehead atoms. The molecule has 86 valence electrons. The zero-order valence-corrected chi connectivity index (χ0v) is 9.09. The second-order valence-corrected chi connectivity index (χ2v) is 3.68. The van der Waals surface area contributed by atoms with Crippen LogP contribution in [-0.4, -0.2) is 25.1 Å². The van der Waals surface area contributed by atoms with Gasteiger partial charge in [-0.1, -0.05) is 6.92 Å². The standard InChI is InChI=1S/C10H15N5O/c1-2-3-15-6-7(4-13-15)9(16)8-5-12-14-10(8)11/h4-6,9,16H,2-3H2,1H3,(H3,11,12,14). The number of hydrogen-bond donors (Lipinski definition) is 3. The lowest BCUT2D eigenvalue weighted by atomic mass is 10.1. The van der Waals surface area contributed by atoms with Gasteiger partial charge in [0, 0.05) is 23.9 Å². The summed E-state index contributed by atoms with van der Waals surface area (Å²) in [5.41, 5.74) is 6.94. The molecule has 0 saturated heterocycles. The molecule has 0 aliphatic heterocycles. The number of aliphatic hydroxyl groups is 1. The number of hydrogen-bond acceptors (Lipinski definition) is 4. The minimum absolute atomic E-state index is 0.385. The monoisotopic (exact) mass is 221 g/mol. The third-order valence-electron chi connectivity index (χ3n) is 2.42. The van der Waals surface area contributed by atoms with E-state index in [0.717, 1.165) is 18.5 Å². The Labute approximate surface area is 93.1 Å². The van der Waals surface area contributed by atoms with Crippen LogP contribution in [0.15, 0.2) is 18.6 Å². The maximum absolute atomic E-state index is 10.0. The van der Waals surface area contributed by atoms with Crippen LogP contribution in [0.2, 0.25) is 0 Å². The molecule has 16 heavy (non-hydrogen) atoms. The molecule has 0 spiro atoms. The number of aryl methyl sites for hydroxylation is 1. The summed E-state index contributed by atoms with van der Waals surface area (Å²) in [4.78, 5) is 0. The van der Waals surface area contributed by atoms with Crippen LogP contribution in [0.25, 0.3) is 0 Å². The summed E-state index contributed by atoms with van der Waals surface area (Å²) in [7, 11) is 0. The Hall–Kier alpha value is -1.82. The van der Waals surface area contributed by atoms with Gasteiger partial charge in [-0.2, -0.15) is 10.2 Å². The van der Waals surface area contributed by atoms with Gasteiger partial charge in [0.25, 0.3) is 0 Å². The molecule has 0 fully saturated rings. The molecule has 2 aromatic rings. The first kappa shape index (κ1) is 10.7. The molecule has 6 heteroatoms. The zero-order valence-electron chi connectivity index (χ0n) is 9.09. The predicted molar refractivity (Wildman–Crippen MR) is 59.6 cm³/mol. The second-order valence-electron chi connectivity index (χ2n) is 3.68. The molecule has 1 unspecified atom stereocenters. The summed E-state index contributed by atoms with van der Waals surface area (Å²) in [5.74, 6) is 0.385. The van der Waals surface area contributed by atoms with E-state index >= 15 is 0 Å². The van der Waals surface area contributed by atoms with Crippen LogP contribution in [0.4, 0.5) is 5.82 Å². The highest BCUT2D eigenvalue weighted by Crippen LogP contribution is 2.24. The summed E-state index contributed by atoms with van der Waals surface area (Å²) in [5, 5.41) is 20.6. The minimum Gasteiger partial charge on any atom is -0.384 e. The number of anilines is 1. The quantitative estimate of drug-likeness (QED) is 0.707. The van der Waals surface area contributed by atoms with Crippen molar-refractivity contribution in [3.05, 3.63) is 29.7 Å². The molecule has 0 aliphatic rings. The largest absolute Gasteiger partial charge is 0.384 e. The van der Waals surface area contributed by atoms with Crippen LogP contribution in [0.3, 0.4) is 0 Å². The number of nitrogens with two attached hydrogens (primary N) is 1. The number of nitrogens with zero attached hydrogens (tertiary/aromatic N) is 3. The van der Waals surface area contributed by atoms with E-state index in [2.05, 4.69) is 22.2 Å². The number of aliphatic hydroxyl groups excluding tert-OH is 1. The number of rotatable bonds is 4. The number of nitrogen functional groups attached to an aromatic ring is 1. The molecule has 2 aromatic heterocycles. The summed E-state index contributed by atoms with van der Waals surface area (Å²) in [6.07, 6.45) is 5.22. The fraction of sp³-hybridized carbons (Fsp3) is 0.400. The van der Waals surface area contributed by atoms with Crippen molar-refractivity contribution >= 4 is 5.82 Å². The van der Waals surface area contributed by atoms with Gasteiger partial charge in [-0.05, 0) is 6.42 Å². The third-order valence-corrected chi connectivity index (χ3v) is 2.42. The van der Waals surface area contributed by atoms with Crippen molar-refractivity contribution in [2.75, 3.05) is 5.73 Å². The van der Waals surface area contributed by atoms with Gasteiger partial charge in [0.05, 0.1) is 12.4 Å². The molecular formula is C10H15N5O. The first-order chi connectivity index (χ1) is 7.72. The highest BCUT2D eigenvalue weighted by Gasteiger charge is 2.16. The van der Waals surface area contributed by atoms with Crippen molar-refractivity contribution in [1.82, 2.24) is 20.0 Å². The lowest BCUT2D eigenvalue weighted by Crippen LogP contribution is -2.01. The first-order valence-corrected chi connectivity index (χ1v) is 5.21. The predicted octanol–water partition coefficient (Wildman–Crippen LogP) is 0.680. The van der Waals surface area contributed by atoms with E-state index in [-0.39, 0.29) is 0 Å². The lowest BCUT2D eigenvalue weighted by Gasteiger charge is -2.06. The Morgan fingerprint density at radius 3 is 3.00 bits per heavy atom. The smallest absolute Gasteiger partial charge is 0.125 e.